The standard InChI is InChI=1S/C13H23ClN4/c1-4-18(7-5-6-17(2)3)13-8-11(9-15)12(14)10-16-13/h8,10H,4-7,9,15H2,1-3H3. The molecule has 0 radical (unpaired) electrons. The second-order valence-electron chi connectivity index (χ2n) is 4.57. The van der Waals surface area contributed by atoms with Crippen molar-refractivity contribution in [1.29, 1.82) is 0 Å². The van der Waals surface area contributed by atoms with E-state index in [4.69, 9.17) is 17.3 Å². The van der Waals surface area contributed by atoms with Crippen LogP contribution in [0.3, 0.4) is 0 Å². The number of halogens is 1. The predicted octanol–water partition coefficient (Wildman–Crippen LogP) is 1.97. The van der Waals surface area contributed by atoms with Crippen molar-refractivity contribution >= 4 is 17.4 Å². The molecule has 0 bridgehead atoms. The number of pyridine rings is 1. The SMILES string of the molecule is CCN(CCCN(C)C)c1cc(CN)c(Cl)cn1. The lowest BCUT2D eigenvalue weighted by Gasteiger charge is -2.23. The Bertz CT molecular complexity index is 368. The molecule has 4 nitrogen and oxygen atoms in total. The number of rotatable bonds is 7. The molecule has 0 fully saturated rings. The topological polar surface area (TPSA) is 45.4 Å². The van der Waals surface area contributed by atoms with Crippen LogP contribution in [0, 0.1) is 0 Å². The van der Waals surface area contributed by atoms with Crippen molar-refractivity contribution in [2.45, 2.75) is 19.9 Å². The first-order valence-electron chi connectivity index (χ1n) is 6.32. The van der Waals surface area contributed by atoms with Crippen molar-refractivity contribution in [1.82, 2.24) is 9.88 Å². The van der Waals surface area contributed by atoms with Crippen molar-refractivity contribution in [3.8, 4) is 0 Å². The molecule has 2 N–H and O–H groups in total. The minimum Gasteiger partial charge on any atom is -0.357 e. The zero-order valence-electron chi connectivity index (χ0n) is 11.5. The first-order chi connectivity index (χ1) is 8.58. The van der Waals surface area contributed by atoms with Gasteiger partial charge in [-0.2, -0.15) is 0 Å². The number of nitrogens with zero attached hydrogens (tertiary/aromatic N) is 3. The van der Waals surface area contributed by atoms with Crippen molar-refractivity contribution < 1.29 is 0 Å². The average molecular weight is 271 g/mol. The quantitative estimate of drug-likeness (QED) is 0.823. The molecule has 0 atom stereocenters. The van der Waals surface area contributed by atoms with Gasteiger partial charge in [-0.15, -0.1) is 0 Å². The van der Waals surface area contributed by atoms with Gasteiger partial charge in [0, 0.05) is 25.8 Å². The van der Waals surface area contributed by atoms with Crippen LogP contribution in [-0.2, 0) is 6.54 Å². The van der Waals surface area contributed by atoms with E-state index in [1.807, 2.05) is 6.07 Å². The van der Waals surface area contributed by atoms with E-state index >= 15 is 0 Å². The summed E-state index contributed by atoms with van der Waals surface area (Å²) >= 11 is 6.02. The van der Waals surface area contributed by atoms with E-state index in [1.165, 1.54) is 0 Å². The van der Waals surface area contributed by atoms with Gasteiger partial charge in [0.1, 0.15) is 5.82 Å². The molecule has 0 amide bonds. The van der Waals surface area contributed by atoms with Crippen molar-refractivity contribution in [3.63, 3.8) is 0 Å². The molecule has 0 aliphatic rings. The molecule has 0 saturated heterocycles. The Balaban J connectivity index is 2.69. The van der Waals surface area contributed by atoms with E-state index < -0.39 is 0 Å². The van der Waals surface area contributed by atoms with Crippen LogP contribution in [0.5, 0.6) is 0 Å². The third-order valence-electron chi connectivity index (χ3n) is 2.88. The fourth-order valence-electron chi connectivity index (χ4n) is 1.81. The lowest BCUT2D eigenvalue weighted by atomic mass is 10.2. The van der Waals surface area contributed by atoms with E-state index in [-0.39, 0.29) is 0 Å². The van der Waals surface area contributed by atoms with Crippen molar-refractivity contribution in [2.75, 3.05) is 38.6 Å². The highest BCUT2D eigenvalue weighted by molar-refractivity contribution is 6.31. The molecule has 0 spiro atoms. The van der Waals surface area contributed by atoms with E-state index in [0.29, 0.717) is 11.6 Å². The van der Waals surface area contributed by atoms with Crippen LogP contribution in [0.25, 0.3) is 0 Å². The van der Waals surface area contributed by atoms with Gasteiger partial charge in [-0.1, -0.05) is 11.6 Å². The summed E-state index contributed by atoms with van der Waals surface area (Å²) in [6, 6.07) is 1.99. The fraction of sp³-hybridized carbons (Fsp3) is 0.615. The number of hydrogen-bond donors (Lipinski definition) is 1. The Labute approximate surface area is 115 Å². The molecule has 1 aromatic heterocycles. The van der Waals surface area contributed by atoms with E-state index in [2.05, 4.69) is 35.8 Å². The summed E-state index contributed by atoms with van der Waals surface area (Å²) in [5.41, 5.74) is 6.62. The van der Waals surface area contributed by atoms with Crippen molar-refractivity contribution in [2.24, 2.45) is 5.73 Å². The van der Waals surface area contributed by atoms with Gasteiger partial charge >= 0.3 is 0 Å². The van der Waals surface area contributed by atoms with Crippen LogP contribution in [-0.4, -0.2) is 43.6 Å². The molecule has 0 aliphatic carbocycles. The van der Waals surface area contributed by atoms with Crippen LogP contribution in [0.1, 0.15) is 18.9 Å². The molecule has 0 aliphatic heterocycles. The van der Waals surface area contributed by atoms with E-state index in [0.717, 1.165) is 37.4 Å². The Hall–Kier alpha value is -0.840. The first kappa shape index (κ1) is 15.2. The predicted molar refractivity (Wildman–Crippen MR) is 78.2 cm³/mol. The highest BCUT2D eigenvalue weighted by atomic mass is 35.5. The molecular weight excluding hydrogens is 248 g/mol. The smallest absolute Gasteiger partial charge is 0.128 e. The zero-order valence-corrected chi connectivity index (χ0v) is 12.2. The monoisotopic (exact) mass is 270 g/mol. The number of hydrogen-bond acceptors (Lipinski definition) is 4. The minimum atomic E-state index is 0.448. The molecule has 102 valence electrons. The molecule has 1 aromatic rings. The van der Waals surface area contributed by atoms with E-state index in [9.17, 15) is 0 Å². The molecule has 0 saturated carbocycles. The van der Waals surface area contributed by atoms with Gasteiger partial charge in [-0.05, 0) is 45.6 Å². The van der Waals surface area contributed by atoms with Crippen LogP contribution in [0.2, 0.25) is 5.02 Å². The largest absolute Gasteiger partial charge is 0.357 e. The van der Waals surface area contributed by atoms with Crippen LogP contribution in [0.15, 0.2) is 12.3 Å². The second-order valence-corrected chi connectivity index (χ2v) is 4.98. The highest BCUT2D eigenvalue weighted by Gasteiger charge is 2.08. The van der Waals surface area contributed by atoms with Gasteiger partial charge in [0.25, 0.3) is 0 Å². The minimum absolute atomic E-state index is 0.448. The lowest BCUT2D eigenvalue weighted by molar-refractivity contribution is 0.400. The Morgan fingerprint density at radius 2 is 2.06 bits per heavy atom. The number of nitrogens with two attached hydrogens (primary N) is 1. The summed E-state index contributed by atoms with van der Waals surface area (Å²) in [6.45, 7) is 5.59. The van der Waals surface area contributed by atoms with Gasteiger partial charge in [0.05, 0.1) is 5.02 Å². The van der Waals surface area contributed by atoms with Crippen LogP contribution >= 0.6 is 11.6 Å². The summed E-state index contributed by atoms with van der Waals surface area (Å²) in [7, 11) is 4.17. The maximum atomic E-state index is 6.02. The zero-order chi connectivity index (χ0) is 13.5. The van der Waals surface area contributed by atoms with Crippen molar-refractivity contribution in [3.05, 3.63) is 22.8 Å². The summed E-state index contributed by atoms with van der Waals surface area (Å²) < 4.78 is 0. The summed E-state index contributed by atoms with van der Waals surface area (Å²) in [5.74, 6) is 0.959. The lowest BCUT2D eigenvalue weighted by Crippen LogP contribution is -2.27. The fourth-order valence-corrected chi connectivity index (χ4v) is 1.99. The third kappa shape index (κ3) is 4.44. The molecule has 0 unspecified atom stereocenters. The maximum Gasteiger partial charge on any atom is 0.128 e. The molecular formula is C13H23ClN4. The molecule has 5 heteroatoms. The summed E-state index contributed by atoms with van der Waals surface area (Å²) in [4.78, 5) is 8.82. The second kappa shape index (κ2) is 7.56. The molecule has 0 aromatic carbocycles. The molecule has 18 heavy (non-hydrogen) atoms. The Morgan fingerprint density at radius 3 is 2.61 bits per heavy atom. The number of aromatic nitrogens is 1. The third-order valence-corrected chi connectivity index (χ3v) is 3.22. The molecule has 1 heterocycles. The number of anilines is 1. The average Bonchev–Trinajstić information content (AvgIpc) is 2.35. The van der Waals surface area contributed by atoms with Crippen LogP contribution in [0.4, 0.5) is 5.82 Å². The normalized spacial score (nSPS) is 11.0. The van der Waals surface area contributed by atoms with Gasteiger partial charge < -0.3 is 15.5 Å². The van der Waals surface area contributed by atoms with Gasteiger partial charge in [-0.25, -0.2) is 4.98 Å². The molecule has 1 rings (SSSR count). The first-order valence-corrected chi connectivity index (χ1v) is 6.70. The van der Waals surface area contributed by atoms with Crippen LogP contribution < -0.4 is 10.6 Å². The Morgan fingerprint density at radius 1 is 1.33 bits per heavy atom. The van der Waals surface area contributed by atoms with Gasteiger partial charge in [0.2, 0.25) is 0 Å². The van der Waals surface area contributed by atoms with Gasteiger partial charge in [0.15, 0.2) is 0 Å². The van der Waals surface area contributed by atoms with E-state index in [1.54, 1.807) is 6.20 Å². The summed E-state index contributed by atoms with van der Waals surface area (Å²) in [5, 5.41) is 0.644. The Kier molecular flexibility index (Phi) is 6.39. The summed E-state index contributed by atoms with van der Waals surface area (Å²) in [6.07, 6.45) is 2.80. The highest BCUT2D eigenvalue weighted by Crippen LogP contribution is 2.20. The van der Waals surface area contributed by atoms with Gasteiger partial charge in [-0.3, -0.25) is 0 Å². The maximum absolute atomic E-state index is 6.02.